The number of piperidine rings is 1. The number of aliphatic hydroxyl groups is 1. The Balaban J connectivity index is 1.44. The van der Waals surface area contributed by atoms with Crippen LogP contribution in [0.25, 0.3) is 5.65 Å². The molecule has 1 unspecified atom stereocenters. The molecule has 2 aromatic rings. The summed E-state index contributed by atoms with van der Waals surface area (Å²) in [5, 5.41) is 10.4. The van der Waals surface area contributed by atoms with E-state index in [0.29, 0.717) is 24.9 Å². The van der Waals surface area contributed by atoms with Crippen molar-refractivity contribution >= 4 is 29.1 Å². The summed E-state index contributed by atoms with van der Waals surface area (Å²) >= 11 is 6.35. The first-order chi connectivity index (χ1) is 15.1. The van der Waals surface area contributed by atoms with Crippen molar-refractivity contribution in [2.45, 2.75) is 56.3 Å². The number of carbonyl (C=O) groups excluding carboxylic acids is 2. The number of β-amino-alcohol motifs (C(OH)–C–C–N with tert-alkyl or cyclic N) is 1. The van der Waals surface area contributed by atoms with Crippen molar-refractivity contribution in [3.8, 4) is 0 Å². The summed E-state index contributed by atoms with van der Waals surface area (Å²) < 4.78 is 42.2. The number of imidazole rings is 1. The highest BCUT2D eigenvalue weighted by Gasteiger charge is 2.40. The molecular formula is C21H22ClF3N4O3. The van der Waals surface area contributed by atoms with E-state index >= 15 is 0 Å². The van der Waals surface area contributed by atoms with Gasteiger partial charge in [-0.3, -0.25) is 14.0 Å². The van der Waals surface area contributed by atoms with Gasteiger partial charge in [0.05, 0.1) is 17.7 Å². The van der Waals surface area contributed by atoms with E-state index in [1.165, 1.54) is 11.1 Å². The lowest BCUT2D eigenvalue weighted by molar-refractivity contribution is -0.136. The summed E-state index contributed by atoms with van der Waals surface area (Å²) in [4.78, 5) is 32.1. The van der Waals surface area contributed by atoms with Crippen molar-refractivity contribution in [2.24, 2.45) is 0 Å². The van der Waals surface area contributed by atoms with Gasteiger partial charge < -0.3 is 14.9 Å². The number of alkyl halides is 3. The lowest BCUT2D eigenvalue weighted by atomic mass is 10.00. The lowest BCUT2D eigenvalue weighted by Gasteiger charge is -2.40. The van der Waals surface area contributed by atoms with Crippen LogP contribution >= 0.6 is 11.6 Å². The molecule has 5 rings (SSSR count). The predicted octanol–water partition coefficient (Wildman–Crippen LogP) is 3.08. The smallest absolute Gasteiger partial charge is 0.389 e. The van der Waals surface area contributed by atoms with E-state index in [1.54, 1.807) is 4.90 Å². The molecule has 2 amide bonds. The first-order valence-electron chi connectivity index (χ1n) is 10.7. The highest BCUT2D eigenvalue weighted by Crippen LogP contribution is 2.43. The highest BCUT2D eigenvalue weighted by molar-refractivity contribution is 6.33. The molecule has 2 saturated heterocycles. The Kier molecular flexibility index (Phi) is 5.12. The third kappa shape index (κ3) is 3.63. The van der Waals surface area contributed by atoms with Crippen LogP contribution in [0.3, 0.4) is 0 Å². The van der Waals surface area contributed by atoms with E-state index in [2.05, 4.69) is 4.98 Å². The van der Waals surface area contributed by atoms with Gasteiger partial charge in [0.15, 0.2) is 11.3 Å². The van der Waals surface area contributed by atoms with Crippen LogP contribution in [0.1, 0.15) is 59.6 Å². The van der Waals surface area contributed by atoms with E-state index in [1.807, 2.05) is 0 Å². The SMILES string of the molecule is O=C(c1nc2c(C(F)(F)F)cc(C3CC3)cn2c1Cl)N1CCC(N2CCCC2=O)[C@H](O)C1. The average Bonchev–Trinajstić information content (AvgIpc) is 3.43. The molecule has 3 fully saturated rings. The number of halogens is 4. The summed E-state index contributed by atoms with van der Waals surface area (Å²) in [5.41, 5.74) is -1.08. The summed E-state index contributed by atoms with van der Waals surface area (Å²) in [7, 11) is 0. The Morgan fingerprint density at radius 2 is 1.97 bits per heavy atom. The van der Waals surface area contributed by atoms with E-state index < -0.39 is 29.4 Å². The molecule has 0 aromatic carbocycles. The molecule has 11 heteroatoms. The van der Waals surface area contributed by atoms with Crippen molar-refractivity contribution in [2.75, 3.05) is 19.6 Å². The van der Waals surface area contributed by atoms with E-state index in [0.717, 1.165) is 29.7 Å². The summed E-state index contributed by atoms with van der Waals surface area (Å²) in [6.07, 6.45) is -0.868. The second-order valence-electron chi connectivity index (χ2n) is 8.77. The van der Waals surface area contributed by atoms with Crippen LogP contribution in [-0.2, 0) is 11.0 Å². The fraction of sp³-hybridized carbons (Fsp3) is 0.571. The lowest BCUT2D eigenvalue weighted by Crippen LogP contribution is -2.55. The Morgan fingerprint density at radius 1 is 1.22 bits per heavy atom. The molecule has 0 radical (unpaired) electrons. The van der Waals surface area contributed by atoms with Crippen LogP contribution < -0.4 is 0 Å². The van der Waals surface area contributed by atoms with Gasteiger partial charge in [0, 0.05) is 32.3 Å². The first kappa shape index (κ1) is 21.5. The number of carbonyl (C=O) groups is 2. The Labute approximate surface area is 186 Å². The van der Waals surface area contributed by atoms with Crippen molar-refractivity contribution in [1.29, 1.82) is 0 Å². The number of nitrogens with zero attached hydrogens (tertiary/aromatic N) is 4. The maximum Gasteiger partial charge on any atom is 0.419 e. The molecule has 3 aliphatic rings. The van der Waals surface area contributed by atoms with E-state index in [9.17, 15) is 27.9 Å². The maximum absolute atomic E-state index is 13.7. The van der Waals surface area contributed by atoms with E-state index in [-0.39, 0.29) is 41.8 Å². The van der Waals surface area contributed by atoms with Crippen molar-refractivity contribution in [3.63, 3.8) is 0 Å². The zero-order valence-corrected chi connectivity index (χ0v) is 17.9. The largest absolute Gasteiger partial charge is 0.419 e. The van der Waals surface area contributed by atoms with Gasteiger partial charge in [0.1, 0.15) is 5.15 Å². The maximum atomic E-state index is 13.7. The molecule has 2 atom stereocenters. The fourth-order valence-corrected chi connectivity index (χ4v) is 5.01. The molecular weight excluding hydrogens is 449 g/mol. The molecule has 0 bridgehead atoms. The minimum atomic E-state index is -4.64. The standard InChI is InChI=1S/C21H22ClF3N4O3/c22-18-17(20(32)27-7-5-14(15(30)10-27)28-6-1-2-16(28)31)26-19-13(21(23,24)25)8-12(9-29(18)19)11-3-4-11/h8-9,11,14-15,30H,1-7,10H2/t14?,15-/m1/s1. The summed E-state index contributed by atoms with van der Waals surface area (Å²) in [6, 6.07) is 0.718. The first-order valence-corrected chi connectivity index (χ1v) is 11.1. The molecule has 1 N–H and O–H groups in total. The van der Waals surface area contributed by atoms with Crippen LogP contribution in [-0.4, -0.2) is 67.9 Å². The number of aliphatic hydroxyl groups excluding tert-OH is 1. The van der Waals surface area contributed by atoms with Crippen LogP contribution in [0.15, 0.2) is 12.3 Å². The molecule has 1 saturated carbocycles. The van der Waals surface area contributed by atoms with Crippen molar-refractivity contribution in [1.82, 2.24) is 19.2 Å². The zero-order valence-electron chi connectivity index (χ0n) is 17.1. The van der Waals surface area contributed by atoms with E-state index in [4.69, 9.17) is 11.6 Å². The molecule has 1 aliphatic carbocycles. The number of rotatable bonds is 3. The van der Waals surface area contributed by atoms with Gasteiger partial charge in [0.25, 0.3) is 5.91 Å². The normalized spacial score (nSPS) is 24.6. The molecule has 0 spiro atoms. The minimum absolute atomic E-state index is 0.0108. The van der Waals surface area contributed by atoms with Crippen molar-refractivity contribution < 1.29 is 27.9 Å². The van der Waals surface area contributed by atoms with Crippen LogP contribution in [0, 0.1) is 0 Å². The third-order valence-electron chi connectivity index (χ3n) is 6.58. The highest BCUT2D eigenvalue weighted by atomic mass is 35.5. The van der Waals surface area contributed by atoms with Crippen molar-refractivity contribution in [3.05, 3.63) is 34.2 Å². The van der Waals surface area contributed by atoms with Crippen LogP contribution in [0.4, 0.5) is 13.2 Å². The van der Waals surface area contributed by atoms with Gasteiger partial charge >= 0.3 is 6.18 Å². The Hall–Kier alpha value is -2.33. The molecule has 7 nitrogen and oxygen atoms in total. The Morgan fingerprint density at radius 3 is 2.56 bits per heavy atom. The van der Waals surface area contributed by atoms with Crippen LogP contribution in [0.5, 0.6) is 0 Å². The predicted molar refractivity (Wildman–Crippen MR) is 108 cm³/mol. The number of aromatic nitrogens is 2. The Bertz CT molecular complexity index is 1100. The molecule has 2 aromatic heterocycles. The number of hydrogen-bond acceptors (Lipinski definition) is 4. The topological polar surface area (TPSA) is 78.2 Å². The van der Waals surface area contributed by atoms with Gasteiger partial charge in [-0.1, -0.05) is 11.6 Å². The number of fused-ring (bicyclic) bond motifs is 1. The monoisotopic (exact) mass is 470 g/mol. The second-order valence-corrected chi connectivity index (χ2v) is 9.13. The number of likely N-dealkylation sites (tertiary alicyclic amines) is 2. The van der Waals surface area contributed by atoms with Gasteiger partial charge in [-0.05, 0) is 43.2 Å². The van der Waals surface area contributed by atoms with Gasteiger partial charge in [-0.15, -0.1) is 0 Å². The molecule has 2 aliphatic heterocycles. The molecule has 4 heterocycles. The average molecular weight is 471 g/mol. The van der Waals surface area contributed by atoms with Crippen LogP contribution in [0.2, 0.25) is 5.15 Å². The summed E-state index contributed by atoms with van der Waals surface area (Å²) in [5.74, 6) is -0.589. The van der Waals surface area contributed by atoms with Gasteiger partial charge in [-0.25, -0.2) is 4.98 Å². The quantitative estimate of drug-likeness (QED) is 0.748. The second kappa shape index (κ2) is 7.62. The number of amides is 2. The molecule has 32 heavy (non-hydrogen) atoms. The number of pyridine rings is 1. The fourth-order valence-electron chi connectivity index (χ4n) is 4.76. The third-order valence-corrected chi connectivity index (χ3v) is 6.94. The number of hydrogen-bond donors (Lipinski definition) is 1. The zero-order chi connectivity index (χ0) is 22.8. The molecule has 172 valence electrons. The minimum Gasteiger partial charge on any atom is -0.389 e. The summed E-state index contributed by atoms with van der Waals surface area (Å²) in [6.45, 7) is 0.779. The van der Waals surface area contributed by atoms with Gasteiger partial charge in [0.2, 0.25) is 5.91 Å². The van der Waals surface area contributed by atoms with Gasteiger partial charge in [-0.2, -0.15) is 13.2 Å².